The third kappa shape index (κ3) is 4.01. The first-order chi connectivity index (χ1) is 7.77. The van der Waals surface area contributed by atoms with Crippen LogP contribution in [0, 0.1) is 5.92 Å². The van der Waals surface area contributed by atoms with Gasteiger partial charge in [0, 0.05) is 12.3 Å². The second-order valence-corrected chi connectivity index (χ2v) is 4.00. The van der Waals surface area contributed by atoms with Gasteiger partial charge in [-0.3, -0.25) is 4.79 Å². The average molecular weight is 216 g/mol. The molecule has 0 fully saturated rings. The fourth-order valence-electron chi connectivity index (χ4n) is 1.69. The van der Waals surface area contributed by atoms with Gasteiger partial charge in [0.1, 0.15) is 5.78 Å². The molecule has 1 aromatic carbocycles. The molecular formula is C15H20O. The van der Waals surface area contributed by atoms with Gasteiger partial charge < -0.3 is 0 Å². The van der Waals surface area contributed by atoms with Crippen LogP contribution in [0.25, 0.3) is 6.08 Å². The van der Waals surface area contributed by atoms with Gasteiger partial charge in [-0.25, -0.2) is 0 Å². The van der Waals surface area contributed by atoms with Crippen LogP contribution in [0.15, 0.2) is 36.4 Å². The van der Waals surface area contributed by atoms with Crippen molar-refractivity contribution in [1.82, 2.24) is 0 Å². The van der Waals surface area contributed by atoms with Crippen molar-refractivity contribution in [3.63, 3.8) is 0 Å². The van der Waals surface area contributed by atoms with Crippen LogP contribution in [0.1, 0.15) is 38.7 Å². The Morgan fingerprint density at radius 2 is 1.94 bits per heavy atom. The molecule has 0 radical (unpaired) electrons. The number of rotatable bonds is 6. The van der Waals surface area contributed by atoms with Gasteiger partial charge in [0.2, 0.25) is 0 Å². The van der Waals surface area contributed by atoms with Crippen LogP contribution >= 0.6 is 0 Å². The maximum atomic E-state index is 11.7. The standard InChI is InChI=1S/C15H20O/c1-3-8-15(16)14(4-2)12-11-13-9-6-5-7-10-13/h5-7,9-12,14H,3-4,8H2,1-2H3/b12-11+. The summed E-state index contributed by atoms with van der Waals surface area (Å²) in [5.74, 6) is 0.442. The number of hydrogen-bond acceptors (Lipinski definition) is 1. The van der Waals surface area contributed by atoms with E-state index >= 15 is 0 Å². The van der Waals surface area contributed by atoms with E-state index in [1.807, 2.05) is 49.4 Å². The highest BCUT2D eigenvalue weighted by molar-refractivity contribution is 5.83. The van der Waals surface area contributed by atoms with Crippen molar-refractivity contribution in [2.45, 2.75) is 33.1 Å². The van der Waals surface area contributed by atoms with E-state index in [1.165, 1.54) is 0 Å². The van der Waals surface area contributed by atoms with Crippen molar-refractivity contribution >= 4 is 11.9 Å². The molecule has 1 aromatic rings. The number of carbonyl (C=O) groups is 1. The second-order valence-electron chi connectivity index (χ2n) is 4.00. The third-order valence-corrected chi connectivity index (χ3v) is 2.67. The van der Waals surface area contributed by atoms with Crippen molar-refractivity contribution in [1.29, 1.82) is 0 Å². The number of Topliss-reactive ketones (excluding diaryl/α,β-unsaturated/α-hetero) is 1. The number of hydrogen-bond donors (Lipinski definition) is 0. The summed E-state index contributed by atoms with van der Waals surface area (Å²) in [5.41, 5.74) is 1.16. The fourth-order valence-corrected chi connectivity index (χ4v) is 1.69. The lowest BCUT2D eigenvalue weighted by atomic mass is 9.96. The van der Waals surface area contributed by atoms with E-state index < -0.39 is 0 Å². The van der Waals surface area contributed by atoms with E-state index in [4.69, 9.17) is 0 Å². The van der Waals surface area contributed by atoms with Crippen LogP contribution < -0.4 is 0 Å². The maximum absolute atomic E-state index is 11.7. The summed E-state index contributed by atoms with van der Waals surface area (Å²) >= 11 is 0. The first-order valence-electron chi connectivity index (χ1n) is 6.03. The van der Waals surface area contributed by atoms with Crippen LogP contribution in [0.5, 0.6) is 0 Å². The molecular weight excluding hydrogens is 196 g/mol. The Hall–Kier alpha value is -1.37. The van der Waals surface area contributed by atoms with Gasteiger partial charge in [0.15, 0.2) is 0 Å². The molecule has 0 aliphatic rings. The third-order valence-electron chi connectivity index (χ3n) is 2.67. The molecule has 0 aliphatic heterocycles. The van der Waals surface area contributed by atoms with Crippen molar-refractivity contribution in [3.8, 4) is 0 Å². The van der Waals surface area contributed by atoms with Crippen molar-refractivity contribution in [2.24, 2.45) is 5.92 Å². The number of ketones is 1. The van der Waals surface area contributed by atoms with Gasteiger partial charge in [-0.15, -0.1) is 0 Å². The molecule has 0 N–H and O–H groups in total. The number of allylic oxidation sites excluding steroid dienone is 1. The topological polar surface area (TPSA) is 17.1 Å². The molecule has 86 valence electrons. The summed E-state index contributed by atoms with van der Waals surface area (Å²) < 4.78 is 0. The van der Waals surface area contributed by atoms with Crippen molar-refractivity contribution in [2.75, 3.05) is 0 Å². The molecule has 0 bridgehead atoms. The number of carbonyl (C=O) groups excluding carboxylic acids is 1. The lowest BCUT2D eigenvalue weighted by molar-refractivity contribution is -0.121. The summed E-state index contributed by atoms with van der Waals surface area (Å²) in [6.07, 6.45) is 6.60. The molecule has 0 heterocycles. The summed E-state index contributed by atoms with van der Waals surface area (Å²) in [7, 11) is 0. The van der Waals surface area contributed by atoms with E-state index in [1.54, 1.807) is 0 Å². The molecule has 16 heavy (non-hydrogen) atoms. The van der Waals surface area contributed by atoms with Gasteiger partial charge in [-0.1, -0.05) is 56.3 Å². The molecule has 1 atom stereocenters. The normalized spacial score (nSPS) is 12.9. The summed E-state index contributed by atoms with van der Waals surface area (Å²) in [4.78, 5) is 11.7. The first kappa shape index (κ1) is 12.7. The van der Waals surface area contributed by atoms with Gasteiger partial charge in [0.05, 0.1) is 0 Å². The molecule has 0 saturated carbocycles. The van der Waals surface area contributed by atoms with Gasteiger partial charge in [0.25, 0.3) is 0 Å². The van der Waals surface area contributed by atoms with Gasteiger partial charge >= 0.3 is 0 Å². The molecule has 0 saturated heterocycles. The summed E-state index contributed by atoms with van der Waals surface area (Å²) in [5, 5.41) is 0. The zero-order chi connectivity index (χ0) is 11.8. The molecule has 0 aliphatic carbocycles. The number of benzene rings is 1. The highest BCUT2D eigenvalue weighted by atomic mass is 16.1. The quantitative estimate of drug-likeness (QED) is 0.699. The Labute approximate surface area is 98.2 Å². The van der Waals surface area contributed by atoms with Crippen LogP contribution in [0.2, 0.25) is 0 Å². The fraction of sp³-hybridized carbons (Fsp3) is 0.400. The molecule has 1 unspecified atom stereocenters. The largest absolute Gasteiger partial charge is 0.299 e. The second kappa shape index (κ2) is 7.00. The molecule has 1 nitrogen and oxygen atoms in total. The average Bonchev–Trinajstić information content (AvgIpc) is 2.31. The Bertz CT molecular complexity index is 338. The monoisotopic (exact) mass is 216 g/mol. The van der Waals surface area contributed by atoms with Gasteiger partial charge in [-0.05, 0) is 18.4 Å². The Morgan fingerprint density at radius 1 is 1.25 bits per heavy atom. The highest BCUT2D eigenvalue weighted by Crippen LogP contribution is 2.12. The minimum Gasteiger partial charge on any atom is -0.299 e. The molecule has 1 rings (SSSR count). The summed E-state index contributed by atoms with van der Waals surface area (Å²) in [6, 6.07) is 10.1. The van der Waals surface area contributed by atoms with E-state index in [-0.39, 0.29) is 5.92 Å². The minimum absolute atomic E-state index is 0.0835. The molecule has 0 aromatic heterocycles. The lowest BCUT2D eigenvalue weighted by Crippen LogP contribution is -2.10. The predicted octanol–water partition coefficient (Wildman–Crippen LogP) is 4.10. The molecule has 0 amide bonds. The predicted molar refractivity (Wildman–Crippen MR) is 69.2 cm³/mol. The van der Waals surface area contributed by atoms with Crippen LogP contribution in [0.4, 0.5) is 0 Å². The SMILES string of the molecule is CCCC(=O)C(/C=C/c1ccccc1)CC. The van der Waals surface area contributed by atoms with E-state index in [0.717, 1.165) is 18.4 Å². The zero-order valence-electron chi connectivity index (χ0n) is 10.1. The Balaban J connectivity index is 2.63. The molecule has 0 spiro atoms. The maximum Gasteiger partial charge on any atom is 0.139 e. The van der Waals surface area contributed by atoms with E-state index in [9.17, 15) is 4.79 Å². The Morgan fingerprint density at radius 3 is 2.50 bits per heavy atom. The molecule has 1 heteroatoms. The lowest BCUT2D eigenvalue weighted by Gasteiger charge is -2.07. The van der Waals surface area contributed by atoms with Gasteiger partial charge in [-0.2, -0.15) is 0 Å². The van der Waals surface area contributed by atoms with Crippen LogP contribution in [-0.2, 0) is 4.79 Å². The van der Waals surface area contributed by atoms with Crippen molar-refractivity contribution in [3.05, 3.63) is 42.0 Å². The smallest absolute Gasteiger partial charge is 0.139 e. The van der Waals surface area contributed by atoms with E-state index in [0.29, 0.717) is 12.2 Å². The minimum atomic E-state index is 0.0835. The van der Waals surface area contributed by atoms with Crippen LogP contribution in [0.3, 0.4) is 0 Å². The van der Waals surface area contributed by atoms with E-state index in [2.05, 4.69) is 6.92 Å². The zero-order valence-corrected chi connectivity index (χ0v) is 10.1. The van der Waals surface area contributed by atoms with Crippen LogP contribution in [-0.4, -0.2) is 5.78 Å². The first-order valence-corrected chi connectivity index (χ1v) is 6.03. The Kier molecular flexibility index (Phi) is 5.55. The highest BCUT2D eigenvalue weighted by Gasteiger charge is 2.11. The summed E-state index contributed by atoms with van der Waals surface area (Å²) in [6.45, 7) is 4.11. The van der Waals surface area contributed by atoms with Crippen molar-refractivity contribution < 1.29 is 4.79 Å².